The molecule has 0 radical (unpaired) electrons. The van der Waals surface area contributed by atoms with Crippen molar-refractivity contribution in [3.63, 3.8) is 0 Å². The van der Waals surface area contributed by atoms with Gasteiger partial charge in [-0.15, -0.1) is 0 Å². The molecule has 76 valence electrons. The molecule has 0 amide bonds. The van der Waals surface area contributed by atoms with E-state index < -0.39 is 17.9 Å². The van der Waals surface area contributed by atoms with E-state index in [1.165, 1.54) is 0 Å². The number of carbonyl (C=O) groups is 1. The lowest BCUT2D eigenvalue weighted by atomic mass is 9.89. The number of ketones is 1. The molecule has 0 N–H and O–H groups in total. The van der Waals surface area contributed by atoms with Crippen LogP contribution >= 0.6 is 0 Å². The number of hydrogen-bond donors (Lipinski definition) is 0. The first-order chi connectivity index (χ1) is 5.72. The summed E-state index contributed by atoms with van der Waals surface area (Å²) in [6.45, 7) is 3.80. The van der Waals surface area contributed by atoms with E-state index in [1.54, 1.807) is 0 Å². The number of alkyl halides is 3. The molecule has 0 saturated heterocycles. The van der Waals surface area contributed by atoms with Crippen molar-refractivity contribution in [2.45, 2.75) is 39.3 Å². The van der Waals surface area contributed by atoms with Crippen molar-refractivity contribution in [1.82, 2.24) is 0 Å². The van der Waals surface area contributed by atoms with Crippen LogP contribution in [0.5, 0.6) is 0 Å². The summed E-state index contributed by atoms with van der Waals surface area (Å²) in [7, 11) is 0. The van der Waals surface area contributed by atoms with Crippen LogP contribution in [0.2, 0.25) is 0 Å². The zero-order valence-corrected chi connectivity index (χ0v) is 7.74. The maximum Gasteiger partial charge on any atom is 0.450 e. The third-order valence-electron chi connectivity index (χ3n) is 2.62. The van der Waals surface area contributed by atoms with Crippen molar-refractivity contribution < 1.29 is 18.0 Å². The minimum atomic E-state index is -4.65. The Morgan fingerprint density at radius 1 is 1.38 bits per heavy atom. The lowest BCUT2D eigenvalue weighted by molar-refractivity contribution is -0.175. The summed E-state index contributed by atoms with van der Waals surface area (Å²) in [6, 6.07) is 0. The average Bonchev–Trinajstić information content (AvgIpc) is 2.26. The van der Waals surface area contributed by atoms with E-state index in [0.717, 1.165) is 0 Å². The first-order valence-electron chi connectivity index (χ1n) is 4.33. The van der Waals surface area contributed by atoms with Crippen LogP contribution in [0.15, 0.2) is 0 Å². The van der Waals surface area contributed by atoms with E-state index in [0.29, 0.717) is 19.3 Å². The predicted octanol–water partition coefficient (Wildman–Crippen LogP) is 2.94. The Balaban J connectivity index is 2.62. The van der Waals surface area contributed by atoms with Crippen LogP contribution in [0.3, 0.4) is 0 Å². The Bertz CT molecular complexity index is 217. The van der Waals surface area contributed by atoms with Gasteiger partial charge in [-0.1, -0.05) is 13.8 Å². The number of rotatable bonds is 1. The Labute approximate surface area is 75.3 Å². The largest absolute Gasteiger partial charge is 0.450 e. The van der Waals surface area contributed by atoms with E-state index in [9.17, 15) is 18.0 Å². The second kappa shape index (κ2) is 3.00. The molecule has 4 heteroatoms. The third kappa shape index (κ3) is 2.45. The molecule has 0 heterocycles. The van der Waals surface area contributed by atoms with Crippen LogP contribution in [-0.2, 0) is 4.79 Å². The van der Waals surface area contributed by atoms with Gasteiger partial charge in [-0.05, 0) is 24.7 Å². The van der Waals surface area contributed by atoms with E-state index in [1.807, 2.05) is 13.8 Å². The van der Waals surface area contributed by atoms with Crippen LogP contribution in [0.25, 0.3) is 0 Å². The fourth-order valence-electron chi connectivity index (χ4n) is 1.89. The number of hydrogen-bond acceptors (Lipinski definition) is 1. The molecule has 0 bridgehead atoms. The molecule has 1 rings (SSSR count). The maximum atomic E-state index is 12.0. The highest BCUT2D eigenvalue weighted by atomic mass is 19.4. The predicted molar refractivity (Wildman–Crippen MR) is 42.2 cm³/mol. The maximum absolute atomic E-state index is 12.0. The molecule has 13 heavy (non-hydrogen) atoms. The van der Waals surface area contributed by atoms with Gasteiger partial charge in [-0.3, -0.25) is 4.79 Å². The summed E-state index contributed by atoms with van der Waals surface area (Å²) in [6.07, 6.45) is -3.19. The first-order valence-corrected chi connectivity index (χ1v) is 4.33. The van der Waals surface area contributed by atoms with E-state index in [-0.39, 0.29) is 5.41 Å². The van der Waals surface area contributed by atoms with Crippen molar-refractivity contribution >= 4 is 5.78 Å². The van der Waals surface area contributed by atoms with Gasteiger partial charge in [0.25, 0.3) is 0 Å². The number of Topliss-reactive ketones (excluding diaryl/α,β-unsaturated/α-hetero) is 1. The van der Waals surface area contributed by atoms with Gasteiger partial charge < -0.3 is 0 Å². The Morgan fingerprint density at radius 3 is 2.23 bits per heavy atom. The van der Waals surface area contributed by atoms with Gasteiger partial charge in [0.1, 0.15) is 0 Å². The molecule has 1 nitrogen and oxygen atoms in total. The Hall–Kier alpha value is -0.540. The van der Waals surface area contributed by atoms with Crippen LogP contribution < -0.4 is 0 Å². The van der Waals surface area contributed by atoms with Gasteiger partial charge in [0.15, 0.2) is 0 Å². The van der Waals surface area contributed by atoms with Gasteiger partial charge in [0, 0.05) is 5.92 Å². The topological polar surface area (TPSA) is 17.1 Å². The summed E-state index contributed by atoms with van der Waals surface area (Å²) in [4.78, 5) is 10.8. The average molecular weight is 194 g/mol. The van der Waals surface area contributed by atoms with Crippen molar-refractivity contribution in [1.29, 1.82) is 0 Å². The van der Waals surface area contributed by atoms with Crippen LogP contribution in [0.1, 0.15) is 33.1 Å². The first kappa shape index (κ1) is 10.5. The molecule has 1 aliphatic rings. The zero-order chi connectivity index (χ0) is 10.3. The van der Waals surface area contributed by atoms with Crippen molar-refractivity contribution in [2.24, 2.45) is 11.3 Å². The molecule has 0 aromatic carbocycles. The lowest BCUT2D eigenvalue weighted by Gasteiger charge is -2.17. The van der Waals surface area contributed by atoms with Gasteiger partial charge in [-0.2, -0.15) is 13.2 Å². The molecule has 0 spiro atoms. The quantitative estimate of drug-likeness (QED) is 0.627. The second-order valence-corrected chi connectivity index (χ2v) is 4.47. The molecule has 0 aromatic heterocycles. The molecule has 1 unspecified atom stereocenters. The highest BCUT2D eigenvalue weighted by Crippen LogP contribution is 2.43. The number of carbonyl (C=O) groups excluding carboxylic acids is 1. The van der Waals surface area contributed by atoms with E-state index in [4.69, 9.17) is 0 Å². The van der Waals surface area contributed by atoms with Crippen molar-refractivity contribution in [3.05, 3.63) is 0 Å². The fraction of sp³-hybridized carbons (Fsp3) is 0.889. The van der Waals surface area contributed by atoms with Crippen LogP contribution in [0, 0.1) is 11.3 Å². The normalized spacial score (nSPS) is 27.6. The smallest absolute Gasteiger partial charge is 0.289 e. The number of halogens is 3. The van der Waals surface area contributed by atoms with Crippen molar-refractivity contribution in [2.75, 3.05) is 0 Å². The van der Waals surface area contributed by atoms with Gasteiger partial charge in [0.2, 0.25) is 5.78 Å². The second-order valence-electron chi connectivity index (χ2n) is 4.47. The molecule has 0 aliphatic heterocycles. The minimum Gasteiger partial charge on any atom is -0.289 e. The highest BCUT2D eigenvalue weighted by Gasteiger charge is 2.47. The van der Waals surface area contributed by atoms with Gasteiger partial charge >= 0.3 is 6.18 Å². The van der Waals surface area contributed by atoms with Gasteiger partial charge in [0.05, 0.1) is 0 Å². The molecular formula is C9H13F3O. The summed E-state index contributed by atoms with van der Waals surface area (Å²) >= 11 is 0. The third-order valence-corrected chi connectivity index (χ3v) is 2.62. The van der Waals surface area contributed by atoms with E-state index >= 15 is 0 Å². The molecular weight excluding hydrogens is 181 g/mol. The van der Waals surface area contributed by atoms with Crippen LogP contribution in [0.4, 0.5) is 13.2 Å². The monoisotopic (exact) mass is 194 g/mol. The Kier molecular flexibility index (Phi) is 2.43. The summed E-state index contributed by atoms with van der Waals surface area (Å²) in [5.41, 5.74) is -0.106. The standard InChI is InChI=1S/C9H13F3O/c1-8(2)4-3-6(5-8)7(13)9(10,11)12/h6H,3-5H2,1-2H3. The molecule has 1 saturated carbocycles. The molecule has 1 fully saturated rings. The SMILES string of the molecule is CC1(C)CCC(C(=O)C(F)(F)F)C1. The van der Waals surface area contributed by atoms with Crippen molar-refractivity contribution in [3.8, 4) is 0 Å². The lowest BCUT2D eigenvalue weighted by Crippen LogP contribution is -2.29. The van der Waals surface area contributed by atoms with Gasteiger partial charge in [-0.25, -0.2) is 0 Å². The molecule has 0 aromatic rings. The molecule has 1 atom stereocenters. The van der Waals surface area contributed by atoms with Crippen LogP contribution in [-0.4, -0.2) is 12.0 Å². The summed E-state index contributed by atoms with van der Waals surface area (Å²) in [5, 5.41) is 0. The fourth-order valence-corrected chi connectivity index (χ4v) is 1.89. The van der Waals surface area contributed by atoms with E-state index in [2.05, 4.69) is 0 Å². The summed E-state index contributed by atoms with van der Waals surface area (Å²) in [5.74, 6) is -2.34. The molecule has 1 aliphatic carbocycles. The minimum absolute atomic E-state index is 0.106. The zero-order valence-electron chi connectivity index (χ0n) is 7.74. The summed E-state index contributed by atoms with van der Waals surface area (Å²) < 4.78 is 36.0. The highest BCUT2D eigenvalue weighted by molar-refractivity contribution is 5.86. The Morgan fingerprint density at radius 2 is 1.92 bits per heavy atom.